The number of rotatable bonds is 15. The highest BCUT2D eigenvalue weighted by Gasteiger charge is 2.51. The van der Waals surface area contributed by atoms with Gasteiger partial charge in [0, 0.05) is 25.5 Å². The summed E-state index contributed by atoms with van der Waals surface area (Å²) in [5.41, 5.74) is 5.76. The van der Waals surface area contributed by atoms with Crippen LogP contribution in [-0.4, -0.2) is 115 Å². The Kier molecular flexibility index (Phi) is 10.2. The molecule has 7 atom stereocenters. The average Bonchev–Trinajstić information content (AvgIpc) is 3.88. The number of anilines is 1. The lowest BCUT2D eigenvalue weighted by molar-refractivity contribution is -0.746. The number of nitrogens with zero attached hydrogens (tertiary/aromatic N) is 7. The van der Waals surface area contributed by atoms with Gasteiger partial charge in [-0.1, -0.05) is 4.98 Å². The highest BCUT2D eigenvalue weighted by atomic mass is 31.2. The number of carbonyl (C=O) groups excluding carboxylic acids is 2. The standard InChI is InChI=1S/C26H36N9O11P/c1-31-14-33(23-20(31)24(38)30-26(27)29-23)25-22(42-16-44-35-8-3-5-18(35)11-37)21(41-15-43-34-7-2-4-17(34)10-36)19(46-25)12-45-47(39,40)32-9-6-28-13-32/h6,9-11,13-14,17-19,21-22,25H,2-5,7-8,12,15-16H2,1H3,(H3-,27,29,30,38,39,40)/p+1/t17-,18-,19+,21-,22?,25+/m0/s1. The maximum Gasteiger partial charge on any atom is 0.437 e. The third kappa shape index (κ3) is 7.07. The molecule has 0 spiro atoms. The van der Waals surface area contributed by atoms with Crippen LogP contribution in [0.4, 0.5) is 5.95 Å². The first-order valence-corrected chi connectivity index (χ1v) is 16.5. The van der Waals surface area contributed by atoms with E-state index in [9.17, 15) is 23.8 Å². The van der Waals surface area contributed by atoms with Crippen molar-refractivity contribution in [2.24, 2.45) is 7.05 Å². The molecular weight excluding hydrogens is 645 g/mol. The van der Waals surface area contributed by atoms with E-state index in [1.807, 2.05) is 0 Å². The minimum Gasteiger partial charge on any atom is -0.355 e. The molecule has 3 saturated heterocycles. The highest BCUT2D eigenvalue weighted by Crippen LogP contribution is 2.44. The van der Waals surface area contributed by atoms with Crippen molar-refractivity contribution < 1.29 is 52.0 Å². The van der Waals surface area contributed by atoms with E-state index < -0.39 is 56.5 Å². The topological polar surface area (TPSA) is 232 Å². The lowest BCUT2D eigenvalue weighted by Gasteiger charge is -2.27. The van der Waals surface area contributed by atoms with Gasteiger partial charge >= 0.3 is 13.4 Å². The quantitative estimate of drug-likeness (QED) is 0.0737. The molecule has 3 aromatic heterocycles. The molecule has 0 aliphatic carbocycles. The van der Waals surface area contributed by atoms with Crippen molar-refractivity contribution in [1.29, 1.82) is 0 Å². The Morgan fingerprint density at radius 3 is 2.40 bits per heavy atom. The van der Waals surface area contributed by atoms with E-state index in [1.54, 1.807) is 13.4 Å². The van der Waals surface area contributed by atoms with Crippen molar-refractivity contribution in [1.82, 2.24) is 34.0 Å². The van der Waals surface area contributed by atoms with Crippen molar-refractivity contribution >= 4 is 37.4 Å². The van der Waals surface area contributed by atoms with Gasteiger partial charge in [-0.15, -0.1) is 0 Å². The second-order valence-electron chi connectivity index (χ2n) is 11.3. The van der Waals surface area contributed by atoms with Crippen LogP contribution in [0, 0.1) is 0 Å². The lowest BCUT2D eigenvalue weighted by Crippen LogP contribution is -2.48. The van der Waals surface area contributed by atoms with Gasteiger partial charge in [0.1, 0.15) is 37.2 Å². The van der Waals surface area contributed by atoms with Crippen LogP contribution in [0.3, 0.4) is 0 Å². The van der Waals surface area contributed by atoms with Crippen LogP contribution >= 0.6 is 7.75 Å². The number of ether oxygens (including phenoxy) is 3. The molecule has 21 heteroatoms. The van der Waals surface area contributed by atoms with Gasteiger partial charge in [0.15, 0.2) is 19.9 Å². The van der Waals surface area contributed by atoms with E-state index in [0.29, 0.717) is 25.9 Å². The number of hydrogen-bond donors (Lipinski definition) is 3. The largest absolute Gasteiger partial charge is 0.437 e. The third-order valence-electron chi connectivity index (χ3n) is 8.31. The Balaban J connectivity index is 1.30. The third-order valence-corrected chi connectivity index (χ3v) is 9.61. The highest BCUT2D eigenvalue weighted by molar-refractivity contribution is 7.51. The molecule has 256 valence electrons. The molecule has 3 aliphatic heterocycles. The number of nitrogens with two attached hydrogens (primary N) is 1. The number of hydrogen-bond acceptors (Lipinski definition) is 15. The van der Waals surface area contributed by atoms with Crippen molar-refractivity contribution in [3.8, 4) is 0 Å². The lowest BCUT2D eigenvalue weighted by atomic mass is 10.1. The van der Waals surface area contributed by atoms with E-state index in [2.05, 4.69) is 15.0 Å². The molecule has 2 unspecified atom stereocenters. The van der Waals surface area contributed by atoms with E-state index in [1.165, 1.54) is 31.7 Å². The van der Waals surface area contributed by atoms with Crippen molar-refractivity contribution in [3.05, 3.63) is 35.4 Å². The fraction of sp³-hybridized carbons (Fsp3) is 0.615. The summed E-state index contributed by atoms with van der Waals surface area (Å²) in [5, 5.41) is 3.06. The Labute approximate surface area is 267 Å². The number of aryl methyl sites for hydroxylation is 1. The fourth-order valence-electron chi connectivity index (χ4n) is 6.02. The molecule has 6 heterocycles. The minimum absolute atomic E-state index is 0.131. The predicted molar refractivity (Wildman–Crippen MR) is 156 cm³/mol. The zero-order valence-electron chi connectivity index (χ0n) is 25.5. The van der Waals surface area contributed by atoms with Gasteiger partial charge < -0.3 is 34.4 Å². The van der Waals surface area contributed by atoms with Gasteiger partial charge in [0.25, 0.3) is 11.5 Å². The molecule has 0 aromatic carbocycles. The fourth-order valence-corrected chi connectivity index (χ4v) is 6.91. The summed E-state index contributed by atoms with van der Waals surface area (Å²) in [5.74, 6) is -0.131. The number of nitrogen functional groups attached to an aromatic ring is 1. The summed E-state index contributed by atoms with van der Waals surface area (Å²) in [6.07, 6.45) is 5.62. The smallest absolute Gasteiger partial charge is 0.355 e. The number of imidazole rings is 2. The Bertz CT molecular complexity index is 1650. The molecule has 0 saturated carbocycles. The normalized spacial score (nSPS) is 28.3. The monoisotopic (exact) mass is 682 g/mol. The van der Waals surface area contributed by atoms with E-state index in [-0.39, 0.29) is 30.7 Å². The van der Waals surface area contributed by atoms with Crippen molar-refractivity contribution in [2.45, 2.75) is 62.3 Å². The molecule has 3 aliphatic rings. The first-order chi connectivity index (χ1) is 22.7. The van der Waals surface area contributed by atoms with Crippen LogP contribution < -0.4 is 15.9 Å². The van der Waals surface area contributed by atoms with Crippen LogP contribution in [0.25, 0.3) is 11.2 Å². The SMILES string of the molecule is Cn1c[n+]([C@@H]2O[C@H](COP(=O)(O)n3ccnc3)[C@H](OCON3CCC[C@H]3C=O)C2OCON2CCC[C@H]2C=O)c2nc(N)[nH]c(=O)c21. The number of carbonyl (C=O) groups is 2. The summed E-state index contributed by atoms with van der Waals surface area (Å²) in [6.45, 7) is -0.0476. The summed E-state index contributed by atoms with van der Waals surface area (Å²) in [4.78, 5) is 68.6. The van der Waals surface area contributed by atoms with Gasteiger partial charge in [-0.25, -0.2) is 18.5 Å². The Morgan fingerprint density at radius 2 is 1.79 bits per heavy atom. The van der Waals surface area contributed by atoms with Gasteiger partial charge in [0.2, 0.25) is 11.7 Å². The molecular formula is C26H37N9O11P+. The number of aromatic amines is 1. The zero-order chi connectivity index (χ0) is 33.1. The molecule has 3 aromatic rings. The maximum atomic E-state index is 13.0. The Morgan fingerprint density at radius 1 is 1.13 bits per heavy atom. The van der Waals surface area contributed by atoms with Crippen LogP contribution in [0.5, 0.6) is 0 Å². The van der Waals surface area contributed by atoms with Crippen molar-refractivity contribution in [3.63, 3.8) is 0 Å². The maximum absolute atomic E-state index is 13.0. The number of aldehydes is 2. The molecule has 20 nitrogen and oxygen atoms in total. The van der Waals surface area contributed by atoms with Crippen LogP contribution in [-0.2, 0) is 49.6 Å². The second kappa shape index (κ2) is 14.4. The number of fused-ring (bicyclic) bond motifs is 1. The zero-order valence-corrected chi connectivity index (χ0v) is 26.4. The summed E-state index contributed by atoms with van der Waals surface area (Å²) < 4.78 is 41.3. The number of nitrogens with one attached hydrogen (secondary N) is 1. The minimum atomic E-state index is -4.39. The first kappa shape index (κ1) is 33.5. The van der Waals surface area contributed by atoms with E-state index >= 15 is 0 Å². The molecule has 47 heavy (non-hydrogen) atoms. The first-order valence-electron chi connectivity index (χ1n) is 15.0. The molecule has 3 fully saturated rings. The summed E-state index contributed by atoms with van der Waals surface area (Å²) in [7, 11) is -2.75. The van der Waals surface area contributed by atoms with Gasteiger partial charge in [-0.2, -0.15) is 10.1 Å². The van der Waals surface area contributed by atoms with Gasteiger partial charge in [0.05, 0.1) is 25.7 Å². The van der Waals surface area contributed by atoms with Gasteiger partial charge in [-0.05, 0) is 25.7 Å². The predicted octanol–water partition coefficient (Wildman–Crippen LogP) is -1.23. The number of aromatic nitrogens is 6. The number of H-pyrrole nitrogens is 1. The van der Waals surface area contributed by atoms with Crippen LogP contribution in [0.15, 0.2) is 29.8 Å². The summed E-state index contributed by atoms with van der Waals surface area (Å²) >= 11 is 0. The average molecular weight is 683 g/mol. The van der Waals surface area contributed by atoms with Crippen LogP contribution in [0.2, 0.25) is 0 Å². The molecule has 0 amide bonds. The molecule has 4 N–H and O–H groups in total. The molecule has 0 radical (unpaired) electrons. The summed E-state index contributed by atoms with van der Waals surface area (Å²) in [6, 6.07) is -0.844. The second-order valence-corrected chi connectivity index (χ2v) is 13.0. The van der Waals surface area contributed by atoms with E-state index in [4.69, 9.17) is 34.1 Å². The molecule has 6 rings (SSSR count). The molecule has 0 bridgehead atoms. The van der Waals surface area contributed by atoms with Gasteiger partial charge in [-0.3, -0.25) is 28.5 Å². The Hall–Kier alpha value is -3.43. The van der Waals surface area contributed by atoms with Crippen molar-refractivity contribution in [2.75, 3.05) is 39.0 Å². The van der Waals surface area contributed by atoms with E-state index in [0.717, 1.165) is 36.1 Å². The number of hydroxylamine groups is 4. The van der Waals surface area contributed by atoms with Crippen LogP contribution in [0.1, 0.15) is 31.9 Å².